The van der Waals surface area contributed by atoms with Crippen LogP contribution < -0.4 is 10.6 Å². The van der Waals surface area contributed by atoms with Crippen LogP contribution in [0.4, 0.5) is 11.5 Å². The normalized spacial score (nSPS) is 10.0. The third-order valence-corrected chi connectivity index (χ3v) is 3.01. The van der Waals surface area contributed by atoms with E-state index in [4.69, 9.17) is 0 Å². The highest BCUT2D eigenvalue weighted by Gasteiger charge is 2.15. The standard InChI is InChI=1S/C16H17N3O2/c1-3-12-6-4-5-7-13(12)18-15(20)16(21)19-14-10-11(2)8-9-17-14/h4-10H,3H2,1-2H3,(H,18,20)(H,17,19,21). The molecule has 0 unspecified atom stereocenters. The Bertz CT molecular complexity index is 668. The molecule has 0 saturated heterocycles. The van der Waals surface area contributed by atoms with Gasteiger partial charge >= 0.3 is 11.8 Å². The van der Waals surface area contributed by atoms with E-state index in [9.17, 15) is 9.59 Å². The smallest absolute Gasteiger partial charge is 0.315 e. The van der Waals surface area contributed by atoms with Crippen molar-refractivity contribution >= 4 is 23.3 Å². The van der Waals surface area contributed by atoms with Gasteiger partial charge in [-0.3, -0.25) is 9.59 Å². The van der Waals surface area contributed by atoms with Crippen LogP contribution in [0.5, 0.6) is 0 Å². The van der Waals surface area contributed by atoms with Gasteiger partial charge in [0.25, 0.3) is 0 Å². The van der Waals surface area contributed by atoms with Gasteiger partial charge in [-0.2, -0.15) is 0 Å². The third kappa shape index (κ3) is 3.89. The van der Waals surface area contributed by atoms with E-state index in [0.29, 0.717) is 11.5 Å². The molecule has 0 atom stereocenters. The molecule has 5 heteroatoms. The molecular weight excluding hydrogens is 266 g/mol. The molecule has 1 heterocycles. The number of hydrogen-bond donors (Lipinski definition) is 2. The molecule has 1 aromatic heterocycles. The molecule has 21 heavy (non-hydrogen) atoms. The quantitative estimate of drug-likeness (QED) is 0.850. The summed E-state index contributed by atoms with van der Waals surface area (Å²) in [6.45, 7) is 3.87. The first-order valence-electron chi connectivity index (χ1n) is 6.73. The van der Waals surface area contributed by atoms with Crippen LogP contribution in [0.3, 0.4) is 0 Å². The summed E-state index contributed by atoms with van der Waals surface area (Å²) in [5.74, 6) is -1.09. The number of anilines is 2. The molecule has 0 aliphatic heterocycles. The third-order valence-electron chi connectivity index (χ3n) is 3.01. The Labute approximate surface area is 123 Å². The van der Waals surface area contributed by atoms with Gasteiger partial charge in [-0.15, -0.1) is 0 Å². The maximum Gasteiger partial charge on any atom is 0.315 e. The van der Waals surface area contributed by atoms with Gasteiger partial charge in [0.2, 0.25) is 0 Å². The van der Waals surface area contributed by atoms with E-state index in [2.05, 4.69) is 15.6 Å². The number of rotatable bonds is 3. The Hall–Kier alpha value is -2.69. The van der Waals surface area contributed by atoms with Crippen molar-refractivity contribution in [1.82, 2.24) is 4.98 Å². The number of carbonyl (C=O) groups excluding carboxylic acids is 2. The number of nitrogens with zero attached hydrogens (tertiary/aromatic N) is 1. The first kappa shape index (κ1) is 14.7. The fourth-order valence-electron chi connectivity index (χ4n) is 1.91. The van der Waals surface area contributed by atoms with Crippen molar-refractivity contribution in [2.75, 3.05) is 10.6 Å². The molecule has 5 nitrogen and oxygen atoms in total. The molecule has 2 aromatic rings. The van der Waals surface area contributed by atoms with Gasteiger partial charge in [0.1, 0.15) is 5.82 Å². The number of aromatic nitrogens is 1. The number of para-hydroxylation sites is 1. The average molecular weight is 283 g/mol. The van der Waals surface area contributed by atoms with Crippen molar-refractivity contribution < 1.29 is 9.59 Å². The lowest BCUT2D eigenvalue weighted by molar-refractivity contribution is -0.133. The molecule has 0 fully saturated rings. The van der Waals surface area contributed by atoms with Crippen LogP contribution in [0.1, 0.15) is 18.1 Å². The van der Waals surface area contributed by atoms with Gasteiger partial charge in [-0.1, -0.05) is 25.1 Å². The van der Waals surface area contributed by atoms with E-state index in [-0.39, 0.29) is 0 Å². The number of hydrogen-bond acceptors (Lipinski definition) is 3. The van der Waals surface area contributed by atoms with E-state index in [1.165, 1.54) is 0 Å². The first-order chi connectivity index (χ1) is 10.1. The summed E-state index contributed by atoms with van der Waals surface area (Å²) < 4.78 is 0. The number of pyridine rings is 1. The summed E-state index contributed by atoms with van der Waals surface area (Å²) in [6, 6.07) is 10.9. The second-order valence-electron chi connectivity index (χ2n) is 4.64. The first-order valence-corrected chi connectivity index (χ1v) is 6.73. The SMILES string of the molecule is CCc1ccccc1NC(=O)C(=O)Nc1cc(C)ccn1. The molecule has 2 N–H and O–H groups in total. The molecule has 0 radical (unpaired) electrons. The monoisotopic (exact) mass is 283 g/mol. The number of amides is 2. The van der Waals surface area contributed by atoms with Crippen molar-refractivity contribution in [1.29, 1.82) is 0 Å². The zero-order valence-electron chi connectivity index (χ0n) is 12.0. The maximum atomic E-state index is 11.9. The number of benzene rings is 1. The van der Waals surface area contributed by atoms with E-state index in [1.807, 2.05) is 38.1 Å². The predicted molar refractivity (Wildman–Crippen MR) is 82.1 cm³/mol. The molecule has 0 bridgehead atoms. The maximum absolute atomic E-state index is 11.9. The van der Waals surface area contributed by atoms with Crippen molar-refractivity contribution in [2.45, 2.75) is 20.3 Å². The van der Waals surface area contributed by atoms with Crippen molar-refractivity contribution in [3.8, 4) is 0 Å². The van der Waals surface area contributed by atoms with Crippen molar-refractivity contribution in [2.24, 2.45) is 0 Å². The minimum absolute atomic E-state index is 0.360. The minimum atomic E-state index is -0.737. The molecule has 2 rings (SSSR count). The van der Waals surface area contributed by atoms with E-state index in [1.54, 1.807) is 18.3 Å². The Kier molecular flexibility index (Phi) is 4.66. The van der Waals surface area contributed by atoms with Crippen LogP contribution >= 0.6 is 0 Å². The minimum Gasteiger partial charge on any atom is -0.318 e. The summed E-state index contributed by atoms with van der Waals surface area (Å²) in [7, 11) is 0. The molecule has 0 saturated carbocycles. The zero-order chi connectivity index (χ0) is 15.2. The average Bonchev–Trinajstić information content (AvgIpc) is 2.47. The molecule has 0 aliphatic rings. The molecule has 0 spiro atoms. The Morgan fingerprint density at radius 1 is 1.10 bits per heavy atom. The fraction of sp³-hybridized carbons (Fsp3) is 0.188. The predicted octanol–water partition coefficient (Wildman–Crippen LogP) is 2.53. The van der Waals surface area contributed by atoms with Gasteiger partial charge in [0.05, 0.1) is 0 Å². The van der Waals surface area contributed by atoms with Gasteiger partial charge in [0, 0.05) is 11.9 Å². The second kappa shape index (κ2) is 6.65. The lowest BCUT2D eigenvalue weighted by atomic mass is 10.1. The van der Waals surface area contributed by atoms with Gasteiger partial charge in [0.15, 0.2) is 0 Å². The molecular formula is C16H17N3O2. The molecule has 0 aliphatic carbocycles. The van der Waals surface area contributed by atoms with Crippen molar-refractivity contribution in [3.05, 3.63) is 53.7 Å². The summed E-state index contributed by atoms with van der Waals surface area (Å²) in [5.41, 5.74) is 2.58. The fourth-order valence-corrected chi connectivity index (χ4v) is 1.91. The van der Waals surface area contributed by atoms with Crippen LogP contribution in [0.2, 0.25) is 0 Å². The van der Waals surface area contributed by atoms with Crippen LogP contribution in [0.25, 0.3) is 0 Å². The Morgan fingerprint density at radius 3 is 2.52 bits per heavy atom. The van der Waals surface area contributed by atoms with Crippen LogP contribution in [0.15, 0.2) is 42.6 Å². The largest absolute Gasteiger partial charge is 0.318 e. The lowest BCUT2D eigenvalue weighted by Crippen LogP contribution is -2.29. The Balaban J connectivity index is 2.04. The number of nitrogens with one attached hydrogen (secondary N) is 2. The van der Waals surface area contributed by atoms with Gasteiger partial charge < -0.3 is 10.6 Å². The highest BCUT2D eigenvalue weighted by Crippen LogP contribution is 2.15. The van der Waals surface area contributed by atoms with Crippen LogP contribution in [-0.4, -0.2) is 16.8 Å². The van der Waals surface area contributed by atoms with E-state index in [0.717, 1.165) is 17.5 Å². The second-order valence-corrected chi connectivity index (χ2v) is 4.64. The molecule has 108 valence electrons. The van der Waals surface area contributed by atoms with Gasteiger partial charge in [-0.05, 0) is 42.7 Å². The van der Waals surface area contributed by atoms with Crippen LogP contribution in [-0.2, 0) is 16.0 Å². The van der Waals surface area contributed by atoms with E-state index < -0.39 is 11.8 Å². The topological polar surface area (TPSA) is 71.1 Å². The number of carbonyl (C=O) groups is 2. The zero-order valence-corrected chi connectivity index (χ0v) is 12.0. The van der Waals surface area contributed by atoms with Crippen molar-refractivity contribution in [3.63, 3.8) is 0 Å². The lowest BCUT2D eigenvalue weighted by Gasteiger charge is -2.09. The summed E-state index contributed by atoms with van der Waals surface area (Å²) in [6.07, 6.45) is 2.35. The Morgan fingerprint density at radius 2 is 1.81 bits per heavy atom. The van der Waals surface area contributed by atoms with E-state index >= 15 is 0 Å². The molecule has 2 amide bonds. The summed E-state index contributed by atoms with van der Waals surface area (Å²) in [4.78, 5) is 27.8. The highest BCUT2D eigenvalue weighted by atomic mass is 16.2. The summed E-state index contributed by atoms with van der Waals surface area (Å²) >= 11 is 0. The summed E-state index contributed by atoms with van der Waals surface area (Å²) in [5, 5.41) is 5.10. The van der Waals surface area contributed by atoms with Crippen LogP contribution in [0, 0.1) is 6.92 Å². The highest BCUT2D eigenvalue weighted by molar-refractivity contribution is 6.43. The number of aryl methyl sites for hydroxylation is 2. The molecule has 1 aromatic carbocycles. The van der Waals surface area contributed by atoms with Gasteiger partial charge in [-0.25, -0.2) is 4.98 Å².